The third kappa shape index (κ3) is 4.51. The van der Waals surface area contributed by atoms with E-state index in [0.29, 0.717) is 19.6 Å². The first-order valence-corrected chi connectivity index (χ1v) is 9.49. The highest BCUT2D eigenvalue weighted by Crippen LogP contribution is 2.34. The van der Waals surface area contributed by atoms with Crippen molar-refractivity contribution in [2.75, 3.05) is 38.3 Å². The molecule has 1 aromatic carbocycles. The monoisotopic (exact) mass is 372 g/mol. The first kappa shape index (κ1) is 19.4. The standard InChI is InChI=1S/C19H28N6O2/c1-3-18(26)25(17-7-5-4-6-8-17)19(15-27-2)9-11-23(12-10-19)13-14-24-21-16-20-22-24/h4-8,16H,3,9-15H2,1-2H3. The lowest BCUT2D eigenvalue weighted by molar-refractivity contribution is -0.120. The Bertz CT molecular complexity index is 698. The quantitative estimate of drug-likeness (QED) is 0.701. The van der Waals surface area contributed by atoms with Gasteiger partial charge in [0.1, 0.15) is 0 Å². The van der Waals surface area contributed by atoms with Gasteiger partial charge in [-0.15, -0.1) is 10.2 Å². The van der Waals surface area contributed by atoms with Crippen molar-refractivity contribution in [2.45, 2.75) is 38.3 Å². The minimum atomic E-state index is -0.314. The van der Waals surface area contributed by atoms with Gasteiger partial charge in [0.05, 0.1) is 18.7 Å². The summed E-state index contributed by atoms with van der Waals surface area (Å²) in [6.45, 7) is 5.84. The van der Waals surface area contributed by atoms with Gasteiger partial charge in [-0.05, 0) is 30.2 Å². The summed E-state index contributed by atoms with van der Waals surface area (Å²) in [6, 6.07) is 9.95. The SMILES string of the molecule is CCC(=O)N(c1ccccc1)C1(COC)CCN(CCn2ncnn2)CC1. The third-order valence-electron chi connectivity index (χ3n) is 5.25. The number of carbonyl (C=O) groups is 1. The molecule has 27 heavy (non-hydrogen) atoms. The number of methoxy groups -OCH3 is 1. The molecule has 0 spiro atoms. The topological polar surface area (TPSA) is 76.4 Å². The molecule has 1 fully saturated rings. The number of likely N-dealkylation sites (tertiary alicyclic amines) is 1. The molecular weight excluding hydrogens is 344 g/mol. The van der Waals surface area contributed by atoms with Gasteiger partial charge in [-0.25, -0.2) is 0 Å². The molecule has 0 unspecified atom stereocenters. The lowest BCUT2D eigenvalue weighted by Gasteiger charge is -2.48. The zero-order chi connectivity index (χ0) is 19.1. The van der Waals surface area contributed by atoms with Crippen LogP contribution < -0.4 is 4.90 Å². The zero-order valence-corrected chi connectivity index (χ0v) is 16.1. The third-order valence-corrected chi connectivity index (χ3v) is 5.25. The van der Waals surface area contributed by atoms with Gasteiger partial charge >= 0.3 is 0 Å². The van der Waals surface area contributed by atoms with Crippen LogP contribution in [0.15, 0.2) is 36.7 Å². The number of piperidine rings is 1. The van der Waals surface area contributed by atoms with Crippen LogP contribution in [0.5, 0.6) is 0 Å². The number of rotatable bonds is 8. The predicted octanol–water partition coefficient (Wildman–Crippen LogP) is 1.60. The van der Waals surface area contributed by atoms with Crippen LogP contribution in [-0.2, 0) is 16.1 Å². The molecule has 0 bridgehead atoms. The Morgan fingerprint density at radius 2 is 1.96 bits per heavy atom. The number of hydrogen-bond donors (Lipinski definition) is 0. The number of benzene rings is 1. The number of amides is 1. The second kappa shape index (κ2) is 9.05. The van der Waals surface area contributed by atoms with E-state index in [-0.39, 0.29) is 11.4 Å². The molecular formula is C19H28N6O2. The fourth-order valence-electron chi connectivity index (χ4n) is 3.83. The number of aromatic nitrogens is 4. The largest absolute Gasteiger partial charge is 0.382 e. The Kier molecular flexibility index (Phi) is 6.52. The van der Waals surface area contributed by atoms with Gasteiger partial charge in [-0.2, -0.15) is 4.80 Å². The fourth-order valence-corrected chi connectivity index (χ4v) is 3.83. The van der Waals surface area contributed by atoms with Crippen molar-refractivity contribution in [3.05, 3.63) is 36.7 Å². The van der Waals surface area contributed by atoms with E-state index >= 15 is 0 Å². The molecule has 0 atom stereocenters. The summed E-state index contributed by atoms with van der Waals surface area (Å²) < 4.78 is 5.59. The van der Waals surface area contributed by atoms with Crippen molar-refractivity contribution in [3.63, 3.8) is 0 Å². The number of anilines is 1. The molecule has 146 valence electrons. The molecule has 1 aliphatic rings. The summed E-state index contributed by atoms with van der Waals surface area (Å²) >= 11 is 0. The second-order valence-electron chi connectivity index (χ2n) is 6.95. The summed E-state index contributed by atoms with van der Waals surface area (Å²) in [5.41, 5.74) is 0.632. The average molecular weight is 372 g/mol. The Morgan fingerprint density at radius 1 is 1.22 bits per heavy atom. The summed E-state index contributed by atoms with van der Waals surface area (Å²) in [7, 11) is 1.71. The van der Waals surface area contributed by atoms with Crippen LogP contribution in [0.3, 0.4) is 0 Å². The van der Waals surface area contributed by atoms with Gasteiger partial charge in [-0.1, -0.05) is 25.1 Å². The average Bonchev–Trinajstić information content (AvgIpc) is 3.22. The fraction of sp³-hybridized carbons (Fsp3) is 0.579. The highest BCUT2D eigenvalue weighted by molar-refractivity contribution is 5.94. The second-order valence-corrected chi connectivity index (χ2v) is 6.95. The molecule has 8 heteroatoms. The smallest absolute Gasteiger partial charge is 0.227 e. The van der Waals surface area contributed by atoms with Crippen molar-refractivity contribution in [2.24, 2.45) is 0 Å². The van der Waals surface area contributed by atoms with Crippen molar-refractivity contribution < 1.29 is 9.53 Å². The highest BCUT2D eigenvalue weighted by atomic mass is 16.5. The van der Waals surface area contributed by atoms with Gasteiger partial charge in [0.25, 0.3) is 0 Å². The van der Waals surface area contributed by atoms with Gasteiger partial charge < -0.3 is 14.5 Å². The van der Waals surface area contributed by atoms with E-state index in [1.807, 2.05) is 42.2 Å². The van der Waals surface area contributed by atoms with E-state index in [0.717, 1.165) is 38.2 Å². The lowest BCUT2D eigenvalue weighted by atomic mass is 9.85. The van der Waals surface area contributed by atoms with Crippen LogP contribution in [0.1, 0.15) is 26.2 Å². The minimum Gasteiger partial charge on any atom is -0.382 e. The van der Waals surface area contributed by atoms with Crippen LogP contribution in [0.4, 0.5) is 5.69 Å². The van der Waals surface area contributed by atoms with Crippen LogP contribution in [0.25, 0.3) is 0 Å². The van der Waals surface area contributed by atoms with Gasteiger partial charge in [0.2, 0.25) is 5.91 Å². The summed E-state index contributed by atoms with van der Waals surface area (Å²) in [5, 5.41) is 11.7. The van der Waals surface area contributed by atoms with E-state index in [1.54, 1.807) is 11.9 Å². The van der Waals surface area contributed by atoms with Crippen molar-refractivity contribution in [3.8, 4) is 0 Å². The molecule has 2 aromatic rings. The summed E-state index contributed by atoms with van der Waals surface area (Å²) in [4.78, 5) is 18.9. The minimum absolute atomic E-state index is 0.138. The first-order valence-electron chi connectivity index (χ1n) is 9.49. The van der Waals surface area contributed by atoms with Crippen LogP contribution in [-0.4, -0.2) is 69.9 Å². The maximum absolute atomic E-state index is 12.9. The maximum Gasteiger partial charge on any atom is 0.227 e. The molecule has 8 nitrogen and oxygen atoms in total. The van der Waals surface area contributed by atoms with E-state index in [4.69, 9.17) is 4.74 Å². The van der Waals surface area contributed by atoms with E-state index in [1.165, 1.54) is 6.33 Å². The normalized spacial score (nSPS) is 17.0. The van der Waals surface area contributed by atoms with Crippen LogP contribution >= 0.6 is 0 Å². The van der Waals surface area contributed by atoms with Gasteiger partial charge in [-0.3, -0.25) is 4.79 Å². The zero-order valence-electron chi connectivity index (χ0n) is 16.1. The molecule has 1 aliphatic heterocycles. The predicted molar refractivity (Wildman–Crippen MR) is 102 cm³/mol. The Morgan fingerprint density at radius 3 is 2.56 bits per heavy atom. The molecule has 3 rings (SSSR count). The molecule has 1 amide bonds. The number of hydrogen-bond acceptors (Lipinski definition) is 6. The summed E-state index contributed by atoms with van der Waals surface area (Å²) in [6.07, 6.45) is 3.66. The molecule has 1 aromatic heterocycles. The number of ether oxygens (including phenoxy) is 1. The van der Waals surface area contributed by atoms with Gasteiger partial charge in [0, 0.05) is 38.9 Å². The van der Waals surface area contributed by atoms with E-state index in [2.05, 4.69) is 20.3 Å². The molecule has 1 saturated heterocycles. The molecule has 0 N–H and O–H groups in total. The van der Waals surface area contributed by atoms with Crippen molar-refractivity contribution in [1.29, 1.82) is 0 Å². The first-order chi connectivity index (χ1) is 13.2. The van der Waals surface area contributed by atoms with E-state index < -0.39 is 0 Å². The van der Waals surface area contributed by atoms with Crippen LogP contribution in [0, 0.1) is 0 Å². The number of para-hydroxylation sites is 1. The molecule has 0 aliphatic carbocycles. The highest BCUT2D eigenvalue weighted by Gasteiger charge is 2.42. The maximum atomic E-state index is 12.9. The number of tetrazole rings is 1. The lowest BCUT2D eigenvalue weighted by Crippen LogP contribution is -2.60. The van der Waals surface area contributed by atoms with E-state index in [9.17, 15) is 4.79 Å². The molecule has 0 radical (unpaired) electrons. The van der Waals surface area contributed by atoms with Crippen LogP contribution in [0.2, 0.25) is 0 Å². The summed E-state index contributed by atoms with van der Waals surface area (Å²) in [5.74, 6) is 0.138. The molecule has 2 heterocycles. The Balaban J connectivity index is 1.74. The number of nitrogens with zero attached hydrogens (tertiary/aromatic N) is 6. The number of carbonyl (C=O) groups excluding carboxylic acids is 1. The molecule has 0 saturated carbocycles. The van der Waals surface area contributed by atoms with Crippen molar-refractivity contribution in [1.82, 2.24) is 25.1 Å². The van der Waals surface area contributed by atoms with Crippen molar-refractivity contribution >= 4 is 11.6 Å². The Labute approximate surface area is 160 Å². The van der Waals surface area contributed by atoms with Gasteiger partial charge in [0.15, 0.2) is 6.33 Å². The Hall–Kier alpha value is -2.32.